The molecule has 1 aliphatic rings. The highest BCUT2D eigenvalue weighted by atomic mass is 32.2. The summed E-state index contributed by atoms with van der Waals surface area (Å²) in [6.45, 7) is 0.884. The largest absolute Gasteiger partial charge is 0.326 e. The van der Waals surface area contributed by atoms with Crippen LogP contribution in [0.2, 0.25) is 0 Å². The molecule has 0 radical (unpaired) electrons. The number of aromatic nitrogens is 1. The summed E-state index contributed by atoms with van der Waals surface area (Å²) in [6, 6.07) is 6.91. The molecular formula is C13H15N3O2S. The van der Waals surface area contributed by atoms with Crippen LogP contribution in [0.1, 0.15) is 6.42 Å². The van der Waals surface area contributed by atoms with Crippen LogP contribution in [0, 0.1) is 0 Å². The summed E-state index contributed by atoms with van der Waals surface area (Å²) in [4.78, 5) is 4.35. The Kier molecular flexibility index (Phi) is 3.00. The average molecular weight is 277 g/mol. The average Bonchev–Trinajstić information content (AvgIpc) is 2.85. The van der Waals surface area contributed by atoms with Crippen molar-refractivity contribution in [3.05, 3.63) is 36.7 Å². The van der Waals surface area contributed by atoms with E-state index in [0.29, 0.717) is 29.8 Å². The normalized spacial score (nSPS) is 21.0. The fourth-order valence-corrected chi connectivity index (χ4v) is 4.16. The molecule has 2 N–H and O–H groups in total. The maximum Gasteiger partial charge on any atom is 0.243 e. The standard InChI is InChI=1S/C13H15N3O2S/c14-11-5-7-16(9-11)19(17,18)13-3-1-2-10-8-15-6-4-12(10)13/h1-4,6,8,11H,5,7,9,14H2. The molecule has 1 saturated heterocycles. The summed E-state index contributed by atoms with van der Waals surface area (Å²) in [5.41, 5.74) is 5.80. The molecule has 0 aliphatic carbocycles. The summed E-state index contributed by atoms with van der Waals surface area (Å²) in [5, 5.41) is 1.53. The Morgan fingerprint density at radius 2 is 2.16 bits per heavy atom. The van der Waals surface area contributed by atoms with Gasteiger partial charge in [0.25, 0.3) is 0 Å². The van der Waals surface area contributed by atoms with Gasteiger partial charge in [-0.2, -0.15) is 4.31 Å². The summed E-state index contributed by atoms with van der Waals surface area (Å²) in [6.07, 6.45) is 3.99. The molecule has 19 heavy (non-hydrogen) atoms. The number of sulfonamides is 1. The van der Waals surface area contributed by atoms with Crippen molar-refractivity contribution in [2.24, 2.45) is 5.73 Å². The minimum absolute atomic E-state index is 0.0635. The van der Waals surface area contributed by atoms with Crippen LogP contribution in [0.25, 0.3) is 10.8 Å². The summed E-state index contributed by atoms with van der Waals surface area (Å²) >= 11 is 0. The maximum absolute atomic E-state index is 12.6. The predicted molar refractivity (Wildman–Crippen MR) is 73.1 cm³/mol. The van der Waals surface area contributed by atoms with Crippen molar-refractivity contribution in [3.8, 4) is 0 Å². The fourth-order valence-electron chi connectivity index (χ4n) is 2.43. The summed E-state index contributed by atoms with van der Waals surface area (Å²) in [7, 11) is -3.47. The van der Waals surface area contributed by atoms with Crippen LogP contribution in [0.3, 0.4) is 0 Å². The van der Waals surface area contributed by atoms with Gasteiger partial charge in [-0.1, -0.05) is 12.1 Å². The molecule has 2 aromatic rings. The second-order valence-electron chi connectivity index (χ2n) is 4.76. The highest BCUT2D eigenvalue weighted by Crippen LogP contribution is 2.26. The Hall–Kier alpha value is -1.50. The lowest BCUT2D eigenvalue weighted by molar-refractivity contribution is 0.473. The zero-order chi connectivity index (χ0) is 13.5. The summed E-state index contributed by atoms with van der Waals surface area (Å²) in [5.74, 6) is 0. The molecule has 6 heteroatoms. The monoisotopic (exact) mass is 277 g/mol. The number of pyridine rings is 1. The van der Waals surface area contributed by atoms with Gasteiger partial charge in [0.2, 0.25) is 10.0 Å². The van der Waals surface area contributed by atoms with E-state index in [1.54, 1.807) is 30.6 Å². The topological polar surface area (TPSA) is 76.3 Å². The first kappa shape index (κ1) is 12.5. The van der Waals surface area contributed by atoms with Gasteiger partial charge in [0.15, 0.2) is 0 Å². The first-order chi connectivity index (χ1) is 9.09. The molecule has 1 unspecified atom stereocenters. The van der Waals surface area contributed by atoms with Crippen LogP contribution >= 0.6 is 0 Å². The van der Waals surface area contributed by atoms with E-state index < -0.39 is 10.0 Å². The van der Waals surface area contributed by atoms with E-state index in [1.807, 2.05) is 6.07 Å². The van der Waals surface area contributed by atoms with Crippen LogP contribution in [0.4, 0.5) is 0 Å². The van der Waals surface area contributed by atoms with Crippen molar-refractivity contribution in [1.29, 1.82) is 0 Å². The first-order valence-electron chi connectivity index (χ1n) is 6.17. The van der Waals surface area contributed by atoms with Crippen molar-refractivity contribution >= 4 is 20.8 Å². The molecule has 0 saturated carbocycles. The lowest BCUT2D eigenvalue weighted by atomic mass is 10.2. The predicted octanol–water partition coefficient (Wildman–Crippen LogP) is 0.956. The number of hydrogen-bond donors (Lipinski definition) is 1. The molecule has 5 nitrogen and oxygen atoms in total. The van der Waals surface area contributed by atoms with Crippen LogP contribution < -0.4 is 5.73 Å². The van der Waals surface area contributed by atoms with Crippen molar-refractivity contribution in [2.45, 2.75) is 17.4 Å². The minimum atomic E-state index is -3.47. The summed E-state index contributed by atoms with van der Waals surface area (Å²) < 4.78 is 26.8. The highest BCUT2D eigenvalue weighted by molar-refractivity contribution is 7.89. The van der Waals surface area contributed by atoms with E-state index in [4.69, 9.17) is 5.73 Å². The van der Waals surface area contributed by atoms with E-state index >= 15 is 0 Å². The van der Waals surface area contributed by atoms with Gasteiger partial charge in [0, 0.05) is 42.3 Å². The van der Waals surface area contributed by atoms with Crippen LogP contribution in [-0.4, -0.2) is 36.8 Å². The van der Waals surface area contributed by atoms with Crippen LogP contribution in [0.5, 0.6) is 0 Å². The molecule has 1 atom stereocenters. The molecule has 100 valence electrons. The second-order valence-corrected chi connectivity index (χ2v) is 6.67. The van der Waals surface area contributed by atoms with Crippen LogP contribution in [0.15, 0.2) is 41.6 Å². The molecule has 3 rings (SSSR count). The molecule has 2 heterocycles. The first-order valence-corrected chi connectivity index (χ1v) is 7.61. The van der Waals surface area contributed by atoms with Gasteiger partial charge in [0.1, 0.15) is 0 Å². The number of fused-ring (bicyclic) bond motifs is 1. The molecule has 1 fully saturated rings. The minimum Gasteiger partial charge on any atom is -0.326 e. The molecule has 0 bridgehead atoms. The maximum atomic E-state index is 12.6. The molecular weight excluding hydrogens is 262 g/mol. The third-order valence-corrected chi connectivity index (χ3v) is 5.37. The Bertz CT molecular complexity index is 709. The molecule has 1 aromatic carbocycles. The highest BCUT2D eigenvalue weighted by Gasteiger charge is 2.31. The molecule has 0 spiro atoms. The van der Waals surface area contributed by atoms with Crippen LogP contribution in [-0.2, 0) is 10.0 Å². The smallest absolute Gasteiger partial charge is 0.243 e. The van der Waals surface area contributed by atoms with E-state index in [1.165, 1.54) is 4.31 Å². The third-order valence-electron chi connectivity index (χ3n) is 3.45. The van der Waals surface area contributed by atoms with E-state index in [-0.39, 0.29) is 6.04 Å². The number of nitrogens with two attached hydrogens (primary N) is 1. The van der Waals surface area contributed by atoms with Crippen molar-refractivity contribution in [1.82, 2.24) is 9.29 Å². The quantitative estimate of drug-likeness (QED) is 0.887. The van der Waals surface area contributed by atoms with E-state index in [9.17, 15) is 8.42 Å². The second kappa shape index (κ2) is 4.56. The zero-order valence-corrected chi connectivity index (χ0v) is 11.2. The zero-order valence-electron chi connectivity index (χ0n) is 10.4. The van der Waals surface area contributed by atoms with Gasteiger partial charge in [-0.3, -0.25) is 4.98 Å². The fraction of sp³-hybridized carbons (Fsp3) is 0.308. The Labute approximate surface area is 112 Å². The Morgan fingerprint density at radius 1 is 1.32 bits per heavy atom. The van der Waals surface area contributed by atoms with Gasteiger partial charge in [-0.15, -0.1) is 0 Å². The lowest BCUT2D eigenvalue weighted by Crippen LogP contribution is -2.32. The van der Waals surface area contributed by atoms with E-state index in [2.05, 4.69) is 4.98 Å². The van der Waals surface area contributed by atoms with Crippen molar-refractivity contribution in [3.63, 3.8) is 0 Å². The van der Waals surface area contributed by atoms with Gasteiger partial charge in [-0.05, 0) is 18.6 Å². The van der Waals surface area contributed by atoms with Gasteiger partial charge in [-0.25, -0.2) is 8.42 Å². The number of hydrogen-bond acceptors (Lipinski definition) is 4. The molecule has 1 aromatic heterocycles. The SMILES string of the molecule is NC1CCN(S(=O)(=O)c2cccc3cnccc23)C1. The number of benzene rings is 1. The van der Waals surface area contributed by atoms with Crippen molar-refractivity contribution < 1.29 is 8.42 Å². The Morgan fingerprint density at radius 3 is 2.89 bits per heavy atom. The number of rotatable bonds is 2. The lowest BCUT2D eigenvalue weighted by Gasteiger charge is -2.17. The van der Waals surface area contributed by atoms with Gasteiger partial charge >= 0.3 is 0 Å². The molecule has 1 aliphatic heterocycles. The Balaban J connectivity index is 2.14. The number of nitrogens with zero attached hydrogens (tertiary/aromatic N) is 2. The van der Waals surface area contributed by atoms with Gasteiger partial charge in [0.05, 0.1) is 4.90 Å². The molecule has 0 amide bonds. The van der Waals surface area contributed by atoms with E-state index in [0.717, 1.165) is 5.39 Å². The van der Waals surface area contributed by atoms with Gasteiger partial charge < -0.3 is 5.73 Å². The third kappa shape index (κ3) is 2.11. The van der Waals surface area contributed by atoms with Crippen molar-refractivity contribution in [2.75, 3.05) is 13.1 Å².